The molecule has 0 unspecified atom stereocenters. The van der Waals surface area contributed by atoms with Gasteiger partial charge in [0, 0.05) is 17.6 Å². The number of halogens is 2. The van der Waals surface area contributed by atoms with E-state index in [1.165, 1.54) is 0 Å². The zero-order chi connectivity index (χ0) is 15.2. The summed E-state index contributed by atoms with van der Waals surface area (Å²) in [4.78, 5) is 6.31. The molecule has 120 valence electrons. The highest BCUT2D eigenvalue weighted by molar-refractivity contribution is 14.0. The van der Waals surface area contributed by atoms with Gasteiger partial charge in [-0.25, -0.2) is 8.42 Å². The normalized spacial score (nSPS) is 11.9. The van der Waals surface area contributed by atoms with E-state index in [4.69, 9.17) is 5.73 Å². The average Bonchev–Trinajstić information content (AvgIpc) is 2.40. The first-order chi connectivity index (χ1) is 9.40. The van der Waals surface area contributed by atoms with Gasteiger partial charge in [-0.2, -0.15) is 0 Å². The molecule has 0 saturated heterocycles. The van der Waals surface area contributed by atoms with Crippen LogP contribution in [-0.4, -0.2) is 44.7 Å². The minimum atomic E-state index is -3.31. The Bertz CT molecular complexity index is 557. The summed E-state index contributed by atoms with van der Waals surface area (Å²) in [5, 5.41) is 0. The van der Waals surface area contributed by atoms with Crippen molar-refractivity contribution in [2.45, 2.75) is 18.7 Å². The molecular weight excluding hydrogens is 469 g/mol. The van der Waals surface area contributed by atoms with E-state index in [-0.39, 0.29) is 36.3 Å². The second-order valence-electron chi connectivity index (χ2n) is 4.19. The number of hydrogen-bond acceptors (Lipinski definition) is 3. The molecule has 0 bridgehead atoms. The average molecular weight is 490 g/mol. The van der Waals surface area contributed by atoms with Crippen LogP contribution >= 0.6 is 39.9 Å². The zero-order valence-corrected chi connectivity index (χ0v) is 16.9. The monoisotopic (exact) mass is 489 g/mol. The molecule has 0 saturated carbocycles. The molecule has 1 rings (SSSR count). The van der Waals surface area contributed by atoms with Gasteiger partial charge < -0.3 is 10.6 Å². The molecule has 0 fully saturated rings. The first-order valence-corrected chi connectivity index (χ1v) is 8.88. The lowest BCUT2D eigenvalue weighted by Crippen LogP contribution is -2.37. The molecule has 2 N–H and O–H groups in total. The third kappa shape index (κ3) is 6.52. The number of sulfone groups is 1. The van der Waals surface area contributed by atoms with Crippen molar-refractivity contribution in [1.82, 2.24) is 4.90 Å². The van der Waals surface area contributed by atoms with Gasteiger partial charge in [0.05, 0.1) is 17.2 Å². The van der Waals surface area contributed by atoms with Crippen molar-refractivity contribution in [3.05, 3.63) is 28.7 Å². The highest BCUT2D eigenvalue weighted by atomic mass is 127. The predicted octanol–water partition coefficient (Wildman–Crippen LogP) is 2.50. The van der Waals surface area contributed by atoms with Crippen molar-refractivity contribution < 1.29 is 8.42 Å². The van der Waals surface area contributed by atoms with Gasteiger partial charge in [-0.05, 0) is 38.1 Å². The first kappa shape index (κ1) is 20.6. The second kappa shape index (κ2) is 9.62. The summed E-state index contributed by atoms with van der Waals surface area (Å²) in [6.07, 6.45) is 0. The van der Waals surface area contributed by atoms with Gasteiger partial charge in [-0.15, -0.1) is 24.0 Å². The minimum absolute atomic E-state index is 0. The zero-order valence-electron chi connectivity index (χ0n) is 12.1. The molecule has 21 heavy (non-hydrogen) atoms. The van der Waals surface area contributed by atoms with Crippen LogP contribution in [0.2, 0.25) is 0 Å². The summed E-state index contributed by atoms with van der Waals surface area (Å²) >= 11 is 3.28. The number of benzene rings is 1. The van der Waals surface area contributed by atoms with Gasteiger partial charge in [0.25, 0.3) is 0 Å². The Kier molecular flexibility index (Phi) is 9.46. The summed E-state index contributed by atoms with van der Waals surface area (Å²) in [6, 6.07) is 6.58. The Morgan fingerprint density at radius 1 is 1.24 bits per heavy atom. The van der Waals surface area contributed by atoms with Crippen molar-refractivity contribution in [3.8, 4) is 0 Å². The maximum absolute atomic E-state index is 12.1. The lowest BCUT2D eigenvalue weighted by Gasteiger charge is -2.19. The Hall–Kier alpha value is -0.350. The third-order valence-corrected chi connectivity index (χ3v) is 5.13. The van der Waals surface area contributed by atoms with Gasteiger partial charge in [-0.1, -0.05) is 15.9 Å². The smallest absolute Gasteiger partial charge is 0.191 e. The van der Waals surface area contributed by atoms with Crippen molar-refractivity contribution in [2.24, 2.45) is 10.7 Å². The SMILES string of the molecule is CCN(CC)C(N)=NCCS(=O)(=O)c1ccc(Br)cc1.I. The molecule has 8 heteroatoms. The number of aliphatic imine (C=N–C) groups is 1. The van der Waals surface area contributed by atoms with Crippen molar-refractivity contribution in [2.75, 3.05) is 25.4 Å². The van der Waals surface area contributed by atoms with E-state index in [1.54, 1.807) is 24.3 Å². The highest BCUT2D eigenvalue weighted by Gasteiger charge is 2.13. The molecule has 0 spiro atoms. The largest absolute Gasteiger partial charge is 0.370 e. The van der Waals surface area contributed by atoms with Crippen LogP contribution in [0.15, 0.2) is 38.6 Å². The molecule has 0 radical (unpaired) electrons. The molecule has 0 aliphatic rings. The van der Waals surface area contributed by atoms with Gasteiger partial charge in [0.2, 0.25) is 0 Å². The van der Waals surface area contributed by atoms with Gasteiger partial charge in [0.15, 0.2) is 15.8 Å². The van der Waals surface area contributed by atoms with Crippen molar-refractivity contribution in [1.29, 1.82) is 0 Å². The third-order valence-electron chi connectivity index (χ3n) is 2.89. The molecule has 0 amide bonds. The summed E-state index contributed by atoms with van der Waals surface area (Å²) in [7, 11) is -3.31. The number of nitrogens with zero attached hydrogens (tertiary/aromatic N) is 2. The van der Waals surface area contributed by atoms with Crippen LogP contribution in [-0.2, 0) is 9.84 Å². The standard InChI is InChI=1S/C13H20BrN3O2S.HI/c1-3-17(4-2)13(15)16-9-10-20(18,19)12-7-5-11(14)6-8-12;/h5-8H,3-4,9-10H2,1-2H3,(H2,15,16);1H. The van der Waals surface area contributed by atoms with Gasteiger partial charge >= 0.3 is 0 Å². The van der Waals surface area contributed by atoms with Gasteiger partial charge in [-0.3, -0.25) is 4.99 Å². The lowest BCUT2D eigenvalue weighted by molar-refractivity contribution is 0.458. The van der Waals surface area contributed by atoms with Crippen LogP contribution in [0.4, 0.5) is 0 Å². The molecule has 0 aliphatic heterocycles. The van der Waals surface area contributed by atoms with E-state index in [0.717, 1.165) is 17.6 Å². The summed E-state index contributed by atoms with van der Waals surface area (Å²) in [6.45, 7) is 5.63. The minimum Gasteiger partial charge on any atom is -0.370 e. The van der Waals surface area contributed by atoms with Gasteiger partial charge in [0.1, 0.15) is 0 Å². The second-order valence-corrected chi connectivity index (χ2v) is 7.21. The number of guanidine groups is 1. The van der Waals surface area contributed by atoms with E-state index >= 15 is 0 Å². The Morgan fingerprint density at radius 2 is 1.76 bits per heavy atom. The molecule has 0 aliphatic carbocycles. The van der Waals surface area contributed by atoms with E-state index in [0.29, 0.717) is 10.9 Å². The van der Waals surface area contributed by atoms with E-state index in [1.807, 2.05) is 18.7 Å². The fourth-order valence-electron chi connectivity index (χ4n) is 1.69. The number of nitrogens with two attached hydrogens (primary N) is 1. The predicted molar refractivity (Wildman–Crippen MR) is 101 cm³/mol. The maximum atomic E-state index is 12.1. The van der Waals surface area contributed by atoms with Crippen LogP contribution in [0.3, 0.4) is 0 Å². The molecule has 1 aromatic rings. The fraction of sp³-hybridized carbons (Fsp3) is 0.462. The molecule has 5 nitrogen and oxygen atoms in total. The van der Waals surface area contributed by atoms with Crippen LogP contribution < -0.4 is 5.73 Å². The highest BCUT2D eigenvalue weighted by Crippen LogP contribution is 2.15. The summed E-state index contributed by atoms with van der Waals surface area (Å²) in [5.41, 5.74) is 5.80. The van der Waals surface area contributed by atoms with Crippen LogP contribution in [0.5, 0.6) is 0 Å². The Morgan fingerprint density at radius 3 is 2.24 bits per heavy atom. The molecule has 0 heterocycles. The summed E-state index contributed by atoms with van der Waals surface area (Å²) in [5.74, 6) is 0.345. The maximum Gasteiger partial charge on any atom is 0.191 e. The van der Waals surface area contributed by atoms with E-state index in [9.17, 15) is 8.42 Å². The molecule has 0 aromatic heterocycles. The first-order valence-electron chi connectivity index (χ1n) is 6.44. The van der Waals surface area contributed by atoms with E-state index < -0.39 is 9.84 Å². The topological polar surface area (TPSA) is 75.8 Å². The van der Waals surface area contributed by atoms with Crippen LogP contribution in [0, 0.1) is 0 Å². The Labute approximate surface area is 152 Å². The van der Waals surface area contributed by atoms with Crippen molar-refractivity contribution >= 4 is 55.7 Å². The molecule has 1 aromatic carbocycles. The van der Waals surface area contributed by atoms with E-state index in [2.05, 4.69) is 20.9 Å². The van der Waals surface area contributed by atoms with Crippen LogP contribution in [0.25, 0.3) is 0 Å². The molecular formula is C13H21BrIN3O2S. The summed E-state index contributed by atoms with van der Waals surface area (Å²) < 4.78 is 25.0. The quantitative estimate of drug-likeness (QED) is 0.378. The lowest BCUT2D eigenvalue weighted by atomic mass is 10.4. The number of hydrogen-bond donors (Lipinski definition) is 1. The Balaban J connectivity index is 0.00000400. The fourth-order valence-corrected chi connectivity index (χ4v) is 3.07. The van der Waals surface area contributed by atoms with Crippen molar-refractivity contribution in [3.63, 3.8) is 0 Å². The van der Waals surface area contributed by atoms with Crippen LogP contribution in [0.1, 0.15) is 13.8 Å². The molecule has 0 atom stereocenters. The number of rotatable bonds is 6.